The van der Waals surface area contributed by atoms with Gasteiger partial charge in [0.15, 0.2) is 22.0 Å². The van der Waals surface area contributed by atoms with Crippen molar-refractivity contribution in [2.45, 2.75) is 28.3 Å². The maximum Gasteiger partial charge on any atom is 0.476 e. The molecule has 0 radical (unpaired) electrons. The number of fused-ring (bicyclic) bond motifs is 3. The van der Waals surface area contributed by atoms with Crippen molar-refractivity contribution >= 4 is 28.2 Å². The van der Waals surface area contributed by atoms with Gasteiger partial charge in [0.1, 0.15) is 16.8 Å². The summed E-state index contributed by atoms with van der Waals surface area (Å²) in [7, 11) is -4.03. The Morgan fingerprint density at radius 3 is 2.22 bits per heavy atom. The molecule has 0 amide bonds. The van der Waals surface area contributed by atoms with E-state index in [2.05, 4.69) is 11.7 Å². The van der Waals surface area contributed by atoms with Crippen LogP contribution >= 0.6 is 11.6 Å². The first kappa shape index (κ1) is 23.9. The summed E-state index contributed by atoms with van der Waals surface area (Å²) in [6.45, 7) is 2.97. The number of alkyl halides is 9. The highest BCUT2D eigenvalue weighted by Gasteiger charge is 2.59. The lowest BCUT2D eigenvalue weighted by Crippen LogP contribution is -2.50. The van der Waals surface area contributed by atoms with Crippen LogP contribution < -0.4 is 5.32 Å². The van der Waals surface area contributed by atoms with Crippen LogP contribution in [-0.4, -0.2) is 25.7 Å². The molecule has 3 rings (SSSR count). The van der Waals surface area contributed by atoms with Crippen molar-refractivity contribution in [2.24, 2.45) is 0 Å². The number of hydrogen-bond acceptors (Lipinski definition) is 4. The lowest BCUT2D eigenvalue weighted by atomic mass is 9.85. The minimum atomic E-state index is -5.50. The maximum absolute atomic E-state index is 14.1. The third-order valence-electron chi connectivity index (χ3n) is 4.44. The first-order chi connectivity index (χ1) is 14.5. The van der Waals surface area contributed by atoms with E-state index in [0.29, 0.717) is 0 Å². The molecule has 1 aliphatic rings. The summed E-state index contributed by atoms with van der Waals surface area (Å²) in [5.74, 6) is -1.19. The molecule has 5 nitrogen and oxygen atoms in total. The van der Waals surface area contributed by atoms with Gasteiger partial charge in [-0.3, -0.25) is 0 Å². The number of halogens is 10. The minimum absolute atomic E-state index is 0.0838. The number of anilines is 1. The van der Waals surface area contributed by atoms with Crippen molar-refractivity contribution in [1.82, 2.24) is 9.78 Å². The fourth-order valence-corrected chi connectivity index (χ4v) is 4.18. The van der Waals surface area contributed by atoms with Gasteiger partial charge in [-0.15, -0.1) is 6.58 Å². The monoisotopic (exact) mass is 508 g/mol. The van der Waals surface area contributed by atoms with Gasteiger partial charge in [-0.2, -0.15) is 49.9 Å². The summed E-state index contributed by atoms with van der Waals surface area (Å²) in [5.41, 5.74) is -13.9. The number of nitrogens with one attached hydrogen (secondary N) is 1. The first-order valence-electron chi connectivity index (χ1n) is 7.91. The molecule has 0 fully saturated rings. The molecule has 0 saturated carbocycles. The second-order valence-corrected chi connectivity index (χ2v) is 8.07. The second kappa shape index (κ2) is 7.14. The van der Waals surface area contributed by atoms with Gasteiger partial charge in [0.2, 0.25) is 0 Å². The average Bonchev–Trinajstić information content (AvgIpc) is 3.01. The summed E-state index contributed by atoms with van der Waals surface area (Å²) < 4.78 is 134. The Morgan fingerprint density at radius 1 is 1.19 bits per heavy atom. The third-order valence-corrected chi connectivity index (χ3v) is 5.91. The van der Waals surface area contributed by atoms with Crippen LogP contribution in [0.3, 0.4) is 0 Å². The molecular formula is C16H6ClF9N4OS. The molecule has 16 heteroatoms. The predicted molar refractivity (Wildman–Crippen MR) is 92.3 cm³/mol. The number of nitriles is 1. The Kier molecular flexibility index (Phi) is 5.34. The molecule has 1 N–H and O–H groups in total. The van der Waals surface area contributed by atoms with Crippen LogP contribution in [-0.2, 0) is 22.5 Å². The fraction of sp³-hybridized carbons (Fsp3) is 0.250. The Labute approximate surface area is 179 Å². The van der Waals surface area contributed by atoms with Crippen molar-refractivity contribution in [2.75, 3.05) is 5.32 Å². The molecule has 2 atom stereocenters. The van der Waals surface area contributed by atoms with Gasteiger partial charge in [0.05, 0.1) is 16.3 Å². The van der Waals surface area contributed by atoms with E-state index in [1.165, 1.54) is 6.07 Å². The molecule has 1 aromatic carbocycles. The molecular weight excluding hydrogens is 503 g/mol. The molecule has 2 aromatic rings. The lowest BCUT2D eigenvalue weighted by molar-refractivity contribution is -0.169. The number of benzene rings is 1. The highest BCUT2D eigenvalue weighted by molar-refractivity contribution is 7.86. The van der Waals surface area contributed by atoms with Gasteiger partial charge >= 0.3 is 17.9 Å². The van der Waals surface area contributed by atoms with E-state index in [-0.39, 0.29) is 22.9 Å². The molecule has 1 aliphatic heterocycles. The topological polar surface area (TPSA) is 70.7 Å². The van der Waals surface area contributed by atoms with Crippen molar-refractivity contribution < 1.29 is 43.7 Å². The Bertz CT molecular complexity index is 1190. The van der Waals surface area contributed by atoms with Crippen molar-refractivity contribution in [3.05, 3.63) is 46.6 Å². The van der Waals surface area contributed by atoms with Crippen LogP contribution in [0.25, 0.3) is 5.69 Å². The molecule has 0 aliphatic carbocycles. The Morgan fingerprint density at radius 2 is 1.78 bits per heavy atom. The number of hydrogen-bond donors (Lipinski definition) is 1. The van der Waals surface area contributed by atoms with Gasteiger partial charge in [-0.25, -0.2) is 8.89 Å². The zero-order chi connectivity index (χ0) is 24.4. The quantitative estimate of drug-likeness (QED) is 0.435. The van der Waals surface area contributed by atoms with Crippen LogP contribution in [0.15, 0.2) is 29.7 Å². The van der Waals surface area contributed by atoms with E-state index in [9.17, 15) is 43.7 Å². The molecule has 32 heavy (non-hydrogen) atoms. The zero-order valence-electron chi connectivity index (χ0n) is 14.9. The summed E-state index contributed by atoms with van der Waals surface area (Å²) in [6, 6.07) is 1.51. The molecule has 2 heterocycles. The van der Waals surface area contributed by atoms with Crippen LogP contribution in [0.1, 0.15) is 16.8 Å². The number of rotatable bonds is 2. The van der Waals surface area contributed by atoms with Crippen molar-refractivity contribution in [1.29, 1.82) is 5.26 Å². The van der Waals surface area contributed by atoms with Crippen LogP contribution in [0.2, 0.25) is 5.02 Å². The lowest BCUT2D eigenvalue weighted by Gasteiger charge is -2.40. The molecule has 0 spiro atoms. The SMILES string of the molecule is C=CC1(C(F)(F)F)Nc2c(S(=O)C(F)(F)F)c(C#N)nn2-c2c(Cl)cc(C(F)(F)F)cc21. The van der Waals surface area contributed by atoms with Crippen LogP contribution in [0.4, 0.5) is 45.3 Å². The molecule has 0 bridgehead atoms. The van der Waals surface area contributed by atoms with E-state index in [1.807, 2.05) is 0 Å². The molecule has 1 aromatic heterocycles. The highest BCUT2D eigenvalue weighted by atomic mass is 35.5. The Balaban J connectivity index is 2.52. The minimum Gasteiger partial charge on any atom is -0.348 e. The van der Waals surface area contributed by atoms with Gasteiger partial charge in [-0.05, 0) is 12.1 Å². The number of aromatic nitrogens is 2. The fourth-order valence-electron chi connectivity index (χ4n) is 3.07. The van der Waals surface area contributed by atoms with E-state index >= 15 is 0 Å². The van der Waals surface area contributed by atoms with E-state index in [1.54, 1.807) is 5.32 Å². The summed E-state index contributed by atoms with van der Waals surface area (Å²) in [4.78, 5) is -1.45. The third kappa shape index (κ3) is 3.41. The second-order valence-electron chi connectivity index (χ2n) is 6.25. The molecule has 172 valence electrons. The van der Waals surface area contributed by atoms with Gasteiger partial charge in [0.25, 0.3) is 0 Å². The van der Waals surface area contributed by atoms with E-state index in [0.717, 1.165) is 0 Å². The standard InChI is InChI=1S/C16H6ClF9N4OS/c1-2-13(15(21,22)23)7-3-6(14(18,19)20)4-8(17)10(7)30-12(28-13)11(9(5-27)29-30)32(31)16(24,25)26/h2-4,28H,1H2. The zero-order valence-corrected chi connectivity index (χ0v) is 16.4. The van der Waals surface area contributed by atoms with Crippen molar-refractivity contribution in [3.63, 3.8) is 0 Å². The average molecular weight is 509 g/mol. The smallest absolute Gasteiger partial charge is 0.348 e. The summed E-state index contributed by atoms with van der Waals surface area (Å²) in [6.07, 6.45) is -10.5. The first-order valence-corrected chi connectivity index (χ1v) is 9.44. The van der Waals surface area contributed by atoms with Crippen LogP contribution in [0.5, 0.6) is 0 Å². The number of nitrogens with zero attached hydrogens (tertiary/aromatic N) is 3. The Hall–Kier alpha value is -2.73. The molecule has 0 saturated heterocycles. The van der Waals surface area contributed by atoms with Gasteiger partial charge in [-0.1, -0.05) is 17.7 Å². The van der Waals surface area contributed by atoms with Crippen molar-refractivity contribution in [3.8, 4) is 11.8 Å². The maximum atomic E-state index is 14.1. The summed E-state index contributed by atoms with van der Waals surface area (Å²) >= 11 is 5.82. The van der Waals surface area contributed by atoms with E-state index in [4.69, 9.17) is 16.9 Å². The molecule has 2 unspecified atom stereocenters. The van der Waals surface area contributed by atoms with Gasteiger partial charge < -0.3 is 5.32 Å². The summed E-state index contributed by atoms with van der Waals surface area (Å²) in [5, 5.41) is 13.2. The predicted octanol–water partition coefficient (Wildman–Crippen LogP) is 5.41. The highest BCUT2D eigenvalue weighted by Crippen LogP contribution is 2.52. The van der Waals surface area contributed by atoms with E-state index < -0.39 is 72.4 Å². The van der Waals surface area contributed by atoms with Crippen LogP contribution in [0, 0.1) is 11.3 Å². The van der Waals surface area contributed by atoms with Gasteiger partial charge in [0, 0.05) is 5.56 Å². The normalized spacial score (nSPS) is 19.4. The largest absolute Gasteiger partial charge is 0.476 e.